The predicted octanol–water partition coefficient (Wildman–Crippen LogP) is 3.37. The number of carbonyl (C=O) groups is 3. The van der Waals surface area contributed by atoms with Crippen molar-refractivity contribution in [2.75, 3.05) is 18.5 Å². The molecule has 0 bridgehead atoms. The second-order valence-corrected chi connectivity index (χ2v) is 6.06. The molecule has 142 valence electrons. The molecule has 0 radical (unpaired) electrons. The Bertz CT molecular complexity index is 816. The quantitative estimate of drug-likeness (QED) is 0.398. The maximum Gasteiger partial charge on any atom is 0.344 e. The maximum absolute atomic E-state index is 12.5. The molecule has 0 spiro atoms. The van der Waals surface area contributed by atoms with Crippen LogP contribution in [0, 0.1) is 0 Å². The number of hydrogen-bond donors (Lipinski definition) is 1. The minimum atomic E-state index is -2.63. The van der Waals surface area contributed by atoms with Crippen molar-refractivity contribution < 1.29 is 32.6 Å². The van der Waals surface area contributed by atoms with Gasteiger partial charge in [0.05, 0.1) is 11.3 Å². The zero-order chi connectivity index (χ0) is 19.6. The van der Waals surface area contributed by atoms with Crippen LogP contribution in [-0.4, -0.2) is 37.1 Å². The van der Waals surface area contributed by atoms with Gasteiger partial charge in [0.15, 0.2) is 19.5 Å². The Morgan fingerprint density at radius 2 is 1.78 bits per heavy atom. The van der Waals surface area contributed by atoms with Gasteiger partial charge in [0, 0.05) is 4.90 Å². The van der Waals surface area contributed by atoms with Gasteiger partial charge in [-0.25, -0.2) is 4.79 Å². The number of alkyl halides is 2. The van der Waals surface area contributed by atoms with Crippen LogP contribution >= 0.6 is 11.8 Å². The van der Waals surface area contributed by atoms with Gasteiger partial charge >= 0.3 is 5.97 Å². The Hall–Kier alpha value is -2.94. The summed E-state index contributed by atoms with van der Waals surface area (Å²) in [4.78, 5) is 34.6. The fourth-order valence-electron chi connectivity index (χ4n) is 1.99. The molecule has 0 aliphatic heterocycles. The summed E-state index contributed by atoms with van der Waals surface area (Å²) in [5, 5.41) is 2.41. The highest BCUT2D eigenvalue weighted by Crippen LogP contribution is 2.31. The highest BCUT2D eigenvalue weighted by atomic mass is 32.2. The molecule has 2 aromatic rings. The molecule has 27 heavy (non-hydrogen) atoms. The number of benzene rings is 2. The van der Waals surface area contributed by atoms with Crippen LogP contribution in [0.1, 0.15) is 10.4 Å². The Kier molecular flexibility index (Phi) is 7.75. The lowest BCUT2D eigenvalue weighted by Gasteiger charge is -2.11. The average molecular weight is 395 g/mol. The summed E-state index contributed by atoms with van der Waals surface area (Å²) in [5.74, 6) is -3.92. The lowest BCUT2D eigenvalue weighted by Crippen LogP contribution is -2.24. The summed E-state index contributed by atoms with van der Waals surface area (Å²) < 4.78 is 35.0. The zero-order valence-corrected chi connectivity index (χ0v) is 14.7. The monoisotopic (exact) mass is 395 g/mol. The lowest BCUT2D eigenvalue weighted by molar-refractivity contribution is -0.149. The number of halogens is 2. The molecule has 0 aliphatic carbocycles. The van der Waals surface area contributed by atoms with Crippen LogP contribution < -0.4 is 10.1 Å². The largest absolute Gasteiger partial charge is 0.481 e. The van der Waals surface area contributed by atoms with Crippen molar-refractivity contribution in [2.45, 2.75) is 10.7 Å². The van der Waals surface area contributed by atoms with Crippen molar-refractivity contribution >= 4 is 35.6 Å². The summed E-state index contributed by atoms with van der Waals surface area (Å²) in [6.45, 7) is -1.10. The lowest BCUT2D eigenvalue weighted by atomic mass is 10.2. The molecule has 2 rings (SSSR count). The van der Waals surface area contributed by atoms with E-state index in [0.29, 0.717) is 18.0 Å². The van der Waals surface area contributed by atoms with Crippen LogP contribution in [0.25, 0.3) is 0 Å². The molecule has 0 fully saturated rings. The highest BCUT2D eigenvalue weighted by molar-refractivity contribution is 7.99. The zero-order valence-electron chi connectivity index (χ0n) is 13.9. The molecule has 1 N–H and O–H groups in total. The van der Waals surface area contributed by atoms with Gasteiger partial charge in [0.25, 0.3) is 11.7 Å². The molecule has 0 aromatic heterocycles. The molecule has 0 unspecified atom stereocenters. The number of carbonyl (C=O) groups excluding carboxylic acids is 3. The SMILES string of the molecule is O=Cc1ccccc1OCC(=O)OCC(=O)Nc1ccccc1SC(F)F. The second-order valence-electron chi connectivity index (χ2n) is 5.03. The van der Waals surface area contributed by atoms with Gasteiger partial charge in [-0.3, -0.25) is 9.59 Å². The minimum Gasteiger partial charge on any atom is -0.481 e. The molecular formula is C18H15F2NO5S. The third-order valence-electron chi connectivity index (χ3n) is 3.13. The molecule has 0 aliphatic rings. The second kappa shape index (κ2) is 10.3. The van der Waals surface area contributed by atoms with E-state index in [1.54, 1.807) is 24.3 Å². The van der Waals surface area contributed by atoms with Gasteiger partial charge < -0.3 is 14.8 Å². The summed E-state index contributed by atoms with van der Waals surface area (Å²) >= 11 is 0.296. The van der Waals surface area contributed by atoms with E-state index in [1.165, 1.54) is 24.3 Å². The molecule has 0 saturated carbocycles. The average Bonchev–Trinajstić information content (AvgIpc) is 2.66. The van der Waals surface area contributed by atoms with E-state index in [1.807, 2.05) is 0 Å². The van der Waals surface area contributed by atoms with Crippen molar-refractivity contribution in [3.63, 3.8) is 0 Å². The van der Waals surface area contributed by atoms with Gasteiger partial charge in [-0.15, -0.1) is 0 Å². The molecule has 0 saturated heterocycles. The molecule has 0 heterocycles. The summed E-state index contributed by atoms with van der Waals surface area (Å²) in [5.41, 5.74) is 0.469. The number of rotatable bonds is 9. The first-order valence-corrected chi connectivity index (χ1v) is 8.54. The van der Waals surface area contributed by atoms with E-state index in [4.69, 9.17) is 9.47 Å². The number of nitrogens with one attached hydrogen (secondary N) is 1. The minimum absolute atomic E-state index is 0.194. The number of para-hydroxylation sites is 2. The topological polar surface area (TPSA) is 81.7 Å². The maximum atomic E-state index is 12.5. The van der Waals surface area contributed by atoms with Crippen molar-refractivity contribution in [1.29, 1.82) is 0 Å². The van der Waals surface area contributed by atoms with Crippen LogP contribution in [0.3, 0.4) is 0 Å². The number of anilines is 1. The van der Waals surface area contributed by atoms with E-state index in [-0.39, 0.29) is 21.9 Å². The van der Waals surface area contributed by atoms with Gasteiger partial charge in [0.2, 0.25) is 0 Å². The standard InChI is InChI=1S/C18H15F2NO5S/c19-18(20)27-15-8-4-2-6-13(15)21-16(23)10-26-17(24)11-25-14-7-3-1-5-12(14)9-22/h1-9,18H,10-11H2,(H,21,23). The number of ether oxygens (including phenoxy) is 2. The van der Waals surface area contributed by atoms with E-state index >= 15 is 0 Å². The normalized spacial score (nSPS) is 10.3. The Morgan fingerprint density at radius 1 is 1.07 bits per heavy atom. The van der Waals surface area contributed by atoms with E-state index in [2.05, 4.69) is 5.32 Å². The molecule has 0 atom stereocenters. The number of hydrogen-bond acceptors (Lipinski definition) is 6. The molecule has 2 aromatic carbocycles. The number of thioether (sulfide) groups is 1. The van der Waals surface area contributed by atoms with Gasteiger partial charge in [-0.2, -0.15) is 8.78 Å². The van der Waals surface area contributed by atoms with Crippen molar-refractivity contribution in [1.82, 2.24) is 0 Å². The van der Waals surface area contributed by atoms with Crippen molar-refractivity contribution in [2.24, 2.45) is 0 Å². The van der Waals surface area contributed by atoms with Crippen molar-refractivity contribution in [3.05, 3.63) is 54.1 Å². The summed E-state index contributed by atoms with van der Waals surface area (Å²) in [6.07, 6.45) is 0.586. The van der Waals surface area contributed by atoms with E-state index in [0.717, 1.165) is 0 Å². The van der Waals surface area contributed by atoms with Crippen LogP contribution in [0.5, 0.6) is 5.75 Å². The molecule has 6 nitrogen and oxygen atoms in total. The van der Waals surface area contributed by atoms with Gasteiger partial charge in [-0.1, -0.05) is 36.0 Å². The van der Waals surface area contributed by atoms with E-state index < -0.39 is 30.8 Å². The Balaban J connectivity index is 1.82. The first-order valence-electron chi connectivity index (χ1n) is 7.66. The third kappa shape index (κ3) is 6.70. The van der Waals surface area contributed by atoms with Gasteiger partial charge in [-0.05, 0) is 24.3 Å². The molecular weight excluding hydrogens is 380 g/mol. The molecule has 1 amide bonds. The number of aldehydes is 1. The van der Waals surface area contributed by atoms with E-state index in [9.17, 15) is 23.2 Å². The Morgan fingerprint density at radius 3 is 2.52 bits per heavy atom. The predicted molar refractivity (Wildman–Crippen MR) is 95.2 cm³/mol. The van der Waals surface area contributed by atoms with Crippen molar-refractivity contribution in [3.8, 4) is 5.75 Å². The molecule has 9 heteroatoms. The fraction of sp³-hybridized carbons (Fsp3) is 0.167. The van der Waals surface area contributed by atoms with Gasteiger partial charge in [0.1, 0.15) is 5.75 Å². The number of esters is 1. The fourth-order valence-corrected chi connectivity index (χ4v) is 2.58. The smallest absolute Gasteiger partial charge is 0.344 e. The van der Waals surface area contributed by atoms with Crippen LogP contribution in [-0.2, 0) is 14.3 Å². The van der Waals surface area contributed by atoms with Crippen LogP contribution in [0.4, 0.5) is 14.5 Å². The first-order chi connectivity index (χ1) is 13.0. The summed E-state index contributed by atoms with van der Waals surface area (Å²) in [6, 6.07) is 12.4. The van der Waals surface area contributed by atoms with Crippen LogP contribution in [0.2, 0.25) is 0 Å². The Labute approximate surface area is 157 Å². The number of amides is 1. The summed E-state index contributed by atoms with van der Waals surface area (Å²) in [7, 11) is 0. The third-order valence-corrected chi connectivity index (χ3v) is 3.92. The highest BCUT2D eigenvalue weighted by Gasteiger charge is 2.14. The van der Waals surface area contributed by atoms with Crippen LogP contribution in [0.15, 0.2) is 53.4 Å². The first kappa shape index (κ1) is 20.4.